The Morgan fingerprint density at radius 2 is 1.91 bits per heavy atom. The van der Waals surface area contributed by atoms with Crippen molar-refractivity contribution in [3.8, 4) is 5.75 Å². The number of halogens is 1. The first-order chi connectivity index (χ1) is 15.2. The van der Waals surface area contributed by atoms with Gasteiger partial charge in [0.2, 0.25) is 5.43 Å². The van der Waals surface area contributed by atoms with Crippen molar-refractivity contribution in [3.63, 3.8) is 0 Å². The fraction of sp³-hybridized carbons (Fsp3) is 0.458. The highest BCUT2D eigenvalue weighted by Gasteiger charge is 2.44. The molecule has 8 heteroatoms. The van der Waals surface area contributed by atoms with Crippen LogP contribution in [0, 0.1) is 5.82 Å². The Balaban J connectivity index is 1.66. The van der Waals surface area contributed by atoms with Crippen LogP contribution >= 0.6 is 0 Å². The first kappa shape index (κ1) is 22.2. The number of carbonyl (C=O) groups is 2. The van der Waals surface area contributed by atoms with Gasteiger partial charge in [-0.25, -0.2) is 4.39 Å². The van der Waals surface area contributed by atoms with Gasteiger partial charge >= 0.3 is 0 Å². The molecule has 2 aliphatic rings. The molecule has 0 unspecified atom stereocenters. The second-order valence-corrected chi connectivity index (χ2v) is 8.93. The number of hydrogen-bond acceptors (Lipinski definition) is 5. The Kier molecular flexibility index (Phi) is 5.90. The van der Waals surface area contributed by atoms with E-state index in [0.717, 1.165) is 18.5 Å². The van der Waals surface area contributed by atoms with Crippen molar-refractivity contribution in [2.75, 3.05) is 6.54 Å². The van der Waals surface area contributed by atoms with Gasteiger partial charge in [0.05, 0.1) is 12.1 Å². The van der Waals surface area contributed by atoms with Crippen LogP contribution in [0.1, 0.15) is 60.0 Å². The van der Waals surface area contributed by atoms with Gasteiger partial charge in [0.15, 0.2) is 17.2 Å². The van der Waals surface area contributed by atoms with E-state index in [-0.39, 0.29) is 47.7 Å². The SMILES string of the molecule is CC(C)N1CC[C@H](C)N2C(=O)c3c(O)c(=O)c(C(=O)CCc4ccc(F)cc4)cn3C[C@@H]12. The van der Waals surface area contributed by atoms with E-state index in [4.69, 9.17) is 0 Å². The third-order valence-corrected chi connectivity index (χ3v) is 6.55. The van der Waals surface area contributed by atoms with E-state index in [9.17, 15) is 23.9 Å². The van der Waals surface area contributed by atoms with Crippen LogP contribution in [0.3, 0.4) is 0 Å². The van der Waals surface area contributed by atoms with Gasteiger partial charge in [-0.05, 0) is 51.3 Å². The minimum Gasteiger partial charge on any atom is -0.503 e. The highest BCUT2D eigenvalue weighted by atomic mass is 19.1. The van der Waals surface area contributed by atoms with Crippen molar-refractivity contribution in [1.29, 1.82) is 0 Å². The summed E-state index contributed by atoms with van der Waals surface area (Å²) in [5.41, 5.74) is -0.234. The van der Waals surface area contributed by atoms with Crippen LogP contribution in [0.5, 0.6) is 5.75 Å². The zero-order chi connectivity index (χ0) is 23.2. The van der Waals surface area contributed by atoms with Gasteiger partial charge < -0.3 is 14.6 Å². The maximum Gasteiger partial charge on any atom is 0.276 e. The molecule has 1 amide bonds. The highest BCUT2D eigenvalue weighted by Crippen LogP contribution is 2.31. The van der Waals surface area contributed by atoms with Gasteiger partial charge in [-0.3, -0.25) is 19.3 Å². The van der Waals surface area contributed by atoms with E-state index in [0.29, 0.717) is 13.0 Å². The molecule has 0 radical (unpaired) electrons. The van der Waals surface area contributed by atoms with Gasteiger partial charge in [0.25, 0.3) is 5.91 Å². The van der Waals surface area contributed by atoms with E-state index in [1.54, 1.807) is 21.6 Å². The molecule has 4 rings (SSSR count). The van der Waals surface area contributed by atoms with E-state index in [2.05, 4.69) is 18.7 Å². The lowest BCUT2D eigenvalue weighted by molar-refractivity contribution is -0.0454. The molecule has 0 aliphatic carbocycles. The molecule has 2 aromatic rings. The maximum atomic E-state index is 13.3. The summed E-state index contributed by atoms with van der Waals surface area (Å²) >= 11 is 0. The van der Waals surface area contributed by atoms with Gasteiger partial charge in [0, 0.05) is 31.2 Å². The number of amides is 1. The van der Waals surface area contributed by atoms with E-state index >= 15 is 0 Å². The third-order valence-electron chi connectivity index (χ3n) is 6.55. The molecule has 1 aromatic carbocycles. The average Bonchev–Trinajstić information content (AvgIpc) is 2.75. The Hall–Kier alpha value is -3.00. The van der Waals surface area contributed by atoms with Crippen LogP contribution in [-0.2, 0) is 13.0 Å². The molecule has 1 aromatic heterocycles. The van der Waals surface area contributed by atoms with E-state index in [1.807, 2.05) is 6.92 Å². The van der Waals surface area contributed by atoms with Crippen molar-refractivity contribution in [1.82, 2.24) is 14.4 Å². The first-order valence-corrected chi connectivity index (χ1v) is 11.0. The Labute approximate surface area is 186 Å². The number of fused-ring (bicyclic) bond motifs is 2. The summed E-state index contributed by atoms with van der Waals surface area (Å²) < 4.78 is 14.6. The molecule has 2 atom stereocenters. The van der Waals surface area contributed by atoms with E-state index < -0.39 is 17.0 Å². The number of Topliss-reactive ketones (excluding diaryl/α,β-unsaturated/α-hetero) is 1. The van der Waals surface area contributed by atoms with Gasteiger partial charge in [-0.1, -0.05) is 12.1 Å². The second-order valence-electron chi connectivity index (χ2n) is 8.93. The van der Waals surface area contributed by atoms with Crippen molar-refractivity contribution < 1.29 is 19.1 Å². The van der Waals surface area contributed by atoms with Crippen molar-refractivity contribution >= 4 is 11.7 Å². The number of hydrogen-bond donors (Lipinski definition) is 1. The molecular weight excluding hydrogens is 413 g/mol. The van der Waals surface area contributed by atoms with Crippen LogP contribution in [0.25, 0.3) is 0 Å². The summed E-state index contributed by atoms with van der Waals surface area (Å²) in [5.74, 6) is -1.84. The summed E-state index contributed by atoms with van der Waals surface area (Å²) in [5, 5.41) is 10.6. The van der Waals surface area contributed by atoms with E-state index in [1.165, 1.54) is 18.3 Å². The predicted molar refractivity (Wildman–Crippen MR) is 117 cm³/mol. The van der Waals surface area contributed by atoms with Crippen molar-refractivity contribution in [2.45, 2.75) is 64.8 Å². The third kappa shape index (κ3) is 3.83. The number of aryl methyl sites for hydroxylation is 1. The largest absolute Gasteiger partial charge is 0.503 e. The summed E-state index contributed by atoms with van der Waals surface area (Å²) in [6.45, 7) is 7.33. The molecule has 0 spiro atoms. The Morgan fingerprint density at radius 3 is 2.56 bits per heavy atom. The van der Waals surface area contributed by atoms with Crippen LogP contribution in [-0.4, -0.2) is 56.0 Å². The van der Waals surface area contributed by atoms with Gasteiger partial charge in [-0.2, -0.15) is 0 Å². The topological polar surface area (TPSA) is 82.8 Å². The van der Waals surface area contributed by atoms with Crippen LogP contribution in [0.2, 0.25) is 0 Å². The molecule has 7 nitrogen and oxygen atoms in total. The standard InChI is InChI=1S/C24H28FN3O4/c1-14(2)27-11-10-15(3)28-20(27)13-26-12-18(22(30)23(31)21(26)24(28)32)19(29)9-6-16-4-7-17(25)8-5-16/h4-5,7-8,12,14-15,20,31H,6,9-11,13H2,1-3H3/t15-,20-/m0/s1. The lowest BCUT2D eigenvalue weighted by atomic mass is 9.99. The average molecular weight is 442 g/mol. The first-order valence-electron chi connectivity index (χ1n) is 11.0. The summed E-state index contributed by atoms with van der Waals surface area (Å²) in [6, 6.07) is 6.04. The molecule has 32 heavy (non-hydrogen) atoms. The van der Waals surface area contributed by atoms with Crippen molar-refractivity contribution in [2.24, 2.45) is 0 Å². The molecule has 0 saturated carbocycles. The zero-order valence-corrected chi connectivity index (χ0v) is 18.5. The monoisotopic (exact) mass is 441 g/mol. The van der Waals surface area contributed by atoms with Gasteiger partial charge in [0.1, 0.15) is 12.0 Å². The summed E-state index contributed by atoms with van der Waals surface area (Å²) in [7, 11) is 0. The fourth-order valence-corrected chi connectivity index (χ4v) is 4.77. The lowest BCUT2D eigenvalue weighted by Gasteiger charge is -2.51. The molecule has 2 aliphatic heterocycles. The summed E-state index contributed by atoms with van der Waals surface area (Å²) in [6.07, 6.45) is 2.40. The molecule has 170 valence electrons. The van der Waals surface area contributed by atoms with Crippen LogP contribution in [0.15, 0.2) is 35.3 Å². The normalized spacial score (nSPS) is 20.9. The molecule has 3 heterocycles. The lowest BCUT2D eigenvalue weighted by Crippen LogP contribution is -2.65. The predicted octanol–water partition coefficient (Wildman–Crippen LogP) is 2.79. The number of rotatable bonds is 5. The smallest absolute Gasteiger partial charge is 0.276 e. The number of benzene rings is 1. The zero-order valence-electron chi connectivity index (χ0n) is 18.5. The fourth-order valence-electron chi connectivity index (χ4n) is 4.77. The maximum absolute atomic E-state index is 13.3. The number of nitrogens with zero attached hydrogens (tertiary/aromatic N) is 3. The summed E-state index contributed by atoms with van der Waals surface area (Å²) in [4.78, 5) is 42.9. The minimum absolute atomic E-state index is 0.0113. The number of aromatic hydroxyl groups is 1. The molecule has 1 saturated heterocycles. The Bertz CT molecular complexity index is 1110. The molecule has 1 fully saturated rings. The molecular formula is C24H28FN3O4. The van der Waals surface area contributed by atoms with Crippen LogP contribution in [0.4, 0.5) is 4.39 Å². The number of carbonyl (C=O) groups excluding carboxylic acids is 2. The highest BCUT2D eigenvalue weighted by molar-refractivity contribution is 6.00. The quantitative estimate of drug-likeness (QED) is 0.722. The Morgan fingerprint density at radius 1 is 1.22 bits per heavy atom. The van der Waals surface area contributed by atoms with Gasteiger partial charge in [-0.15, -0.1) is 0 Å². The molecule has 1 N–H and O–H groups in total. The number of ketones is 1. The minimum atomic E-state index is -0.822. The second kappa shape index (κ2) is 8.50. The van der Waals surface area contributed by atoms with Crippen LogP contribution < -0.4 is 5.43 Å². The number of pyridine rings is 1. The molecule has 0 bridgehead atoms. The van der Waals surface area contributed by atoms with Crippen molar-refractivity contribution in [3.05, 3.63) is 63.3 Å². The number of aromatic nitrogens is 1.